The Hall–Kier alpha value is -1.43. The van der Waals surface area contributed by atoms with E-state index in [1.54, 1.807) is 7.11 Å². The molecule has 0 saturated heterocycles. The molecule has 112 valence electrons. The Kier molecular flexibility index (Phi) is 6.17. The molecule has 2 aromatic rings. The summed E-state index contributed by atoms with van der Waals surface area (Å²) < 4.78 is 5.01. The number of methoxy groups -OCH3 is 1. The Bertz CT molecular complexity index is 584. The molecule has 0 unspecified atom stereocenters. The summed E-state index contributed by atoms with van der Waals surface area (Å²) in [6.45, 7) is 1.10. The van der Waals surface area contributed by atoms with Gasteiger partial charge in [0.05, 0.1) is 18.7 Å². The van der Waals surface area contributed by atoms with Crippen LogP contribution in [0.15, 0.2) is 29.6 Å². The van der Waals surface area contributed by atoms with E-state index in [2.05, 4.69) is 10.3 Å². The van der Waals surface area contributed by atoms with Crippen molar-refractivity contribution in [1.82, 2.24) is 10.3 Å². The van der Waals surface area contributed by atoms with Crippen molar-refractivity contribution in [2.45, 2.75) is 19.4 Å². The molecular weight excluding hydrogens is 308 g/mol. The van der Waals surface area contributed by atoms with Crippen LogP contribution in [0.2, 0.25) is 5.02 Å². The van der Waals surface area contributed by atoms with Crippen LogP contribution in [0.4, 0.5) is 0 Å². The van der Waals surface area contributed by atoms with Gasteiger partial charge < -0.3 is 10.1 Å². The van der Waals surface area contributed by atoms with Crippen molar-refractivity contribution in [3.8, 4) is 0 Å². The van der Waals surface area contributed by atoms with Crippen LogP contribution >= 0.6 is 22.9 Å². The number of ether oxygens (including phenoxy) is 1. The van der Waals surface area contributed by atoms with E-state index in [1.165, 1.54) is 11.3 Å². The number of hydrogen-bond acceptors (Lipinski definition) is 4. The fourth-order valence-corrected chi connectivity index (χ4v) is 2.73. The number of benzene rings is 1. The zero-order valence-corrected chi connectivity index (χ0v) is 13.3. The SMILES string of the molecule is COCc1nc(CC(=O)NCCc2ccc(Cl)cc2)cs1. The molecule has 21 heavy (non-hydrogen) atoms. The second-order valence-electron chi connectivity index (χ2n) is 4.57. The van der Waals surface area contributed by atoms with Crippen molar-refractivity contribution in [2.75, 3.05) is 13.7 Å². The highest BCUT2D eigenvalue weighted by Gasteiger charge is 2.07. The molecule has 0 fully saturated rings. The maximum Gasteiger partial charge on any atom is 0.226 e. The summed E-state index contributed by atoms with van der Waals surface area (Å²) in [5, 5.41) is 6.40. The second kappa shape index (κ2) is 8.12. The van der Waals surface area contributed by atoms with Gasteiger partial charge in [0.1, 0.15) is 5.01 Å². The highest BCUT2D eigenvalue weighted by atomic mass is 35.5. The summed E-state index contributed by atoms with van der Waals surface area (Å²) >= 11 is 7.34. The molecule has 1 aromatic heterocycles. The number of halogens is 1. The number of thiazole rings is 1. The number of carbonyl (C=O) groups excluding carboxylic acids is 1. The van der Waals surface area contributed by atoms with Crippen LogP contribution in [-0.2, 0) is 29.0 Å². The number of rotatable bonds is 7. The molecule has 0 spiro atoms. The Morgan fingerprint density at radius 2 is 2.14 bits per heavy atom. The third-order valence-corrected chi connectivity index (χ3v) is 3.98. The standard InChI is InChI=1S/C15H17ClN2O2S/c1-20-9-15-18-13(10-21-15)8-14(19)17-7-6-11-2-4-12(16)5-3-11/h2-5,10H,6-9H2,1H3,(H,17,19). The predicted octanol–water partition coefficient (Wildman–Crippen LogP) is 2.84. The minimum atomic E-state index is -0.0155. The van der Waals surface area contributed by atoms with Gasteiger partial charge in [-0.05, 0) is 24.1 Å². The van der Waals surface area contributed by atoms with E-state index in [-0.39, 0.29) is 5.91 Å². The van der Waals surface area contributed by atoms with E-state index >= 15 is 0 Å². The number of aromatic nitrogens is 1. The van der Waals surface area contributed by atoms with E-state index in [4.69, 9.17) is 16.3 Å². The third kappa shape index (κ3) is 5.46. The molecule has 0 radical (unpaired) electrons. The fourth-order valence-electron chi connectivity index (χ4n) is 1.84. The van der Waals surface area contributed by atoms with Crippen molar-refractivity contribution in [2.24, 2.45) is 0 Å². The molecule has 1 heterocycles. The van der Waals surface area contributed by atoms with E-state index < -0.39 is 0 Å². The Morgan fingerprint density at radius 3 is 2.86 bits per heavy atom. The molecule has 6 heteroatoms. The van der Waals surface area contributed by atoms with Crippen LogP contribution in [0.5, 0.6) is 0 Å². The third-order valence-electron chi connectivity index (χ3n) is 2.86. The van der Waals surface area contributed by atoms with Crippen LogP contribution in [0.25, 0.3) is 0 Å². The molecule has 0 atom stereocenters. The van der Waals surface area contributed by atoms with Crippen LogP contribution < -0.4 is 5.32 Å². The average Bonchev–Trinajstić information content (AvgIpc) is 2.89. The number of nitrogens with one attached hydrogen (secondary N) is 1. The minimum absolute atomic E-state index is 0.0155. The zero-order chi connectivity index (χ0) is 15.1. The van der Waals surface area contributed by atoms with Crippen molar-refractivity contribution in [3.05, 3.63) is 50.9 Å². The average molecular weight is 325 g/mol. The predicted molar refractivity (Wildman–Crippen MR) is 84.7 cm³/mol. The largest absolute Gasteiger partial charge is 0.378 e. The van der Waals surface area contributed by atoms with E-state index in [0.717, 1.165) is 27.7 Å². The van der Waals surface area contributed by atoms with E-state index in [0.29, 0.717) is 19.6 Å². The Balaban J connectivity index is 1.72. The minimum Gasteiger partial charge on any atom is -0.378 e. The second-order valence-corrected chi connectivity index (χ2v) is 5.95. The summed E-state index contributed by atoms with van der Waals surface area (Å²) in [4.78, 5) is 16.2. The first-order valence-electron chi connectivity index (χ1n) is 6.60. The Labute approximate surface area is 133 Å². The summed E-state index contributed by atoms with van der Waals surface area (Å²) in [5.41, 5.74) is 1.94. The van der Waals surface area contributed by atoms with Gasteiger partial charge in [-0.2, -0.15) is 0 Å². The number of nitrogens with zero attached hydrogens (tertiary/aromatic N) is 1. The van der Waals surface area contributed by atoms with Gasteiger partial charge in [0.2, 0.25) is 5.91 Å². The normalized spacial score (nSPS) is 10.6. The lowest BCUT2D eigenvalue weighted by molar-refractivity contribution is -0.120. The van der Waals surface area contributed by atoms with Crippen molar-refractivity contribution < 1.29 is 9.53 Å². The van der Waals surface area contributed by atoms with Crippen LogP contribution in [0.1, 0.15) is 16.3 Å². The fraction of sp³-hybridized carbons (Fsp3) is 0.333. The number of carbonyl (C=O) groups is 1. The molecule has 0 aliphatic rings. The number of amides is 1. The number of hydrogen-bond donors (Lipinski definition) is 1. The zero-order valence-electron chi connectivity index (χ0n) is 11.8. The molecule has 0 aliphatic carbocycles. The van der Waals surface area contributed by atoms with Crippen molar-refractivity contribution >= 4 is 28.8 Å². The van der Waals surface area contributed by atoms with Gasteiger partial charge in [0.15, 0.2) is 0 Å². The molecule has 0 aliphatic heterocycles. The molecule has 2 rings (SSSR count). The topological polar surface area (TPSA) is 51.2 Å². The maximum atomic E-state index is 11.8. The van der Waals surface area contributed by atoms with Gasteiger partial charge in [0.25, 0.3) is 0 Å². The van der Waals surface area contributed by atoms with Gasteiger partial charge in [-0.25, -0.2) is 4.98 Å². The molecule has 4 nitrogen and oxygen atoms in total. The first-order valence-corrected chi connectivity index (χ1v) is 7.86. The summed E-state index contributed by atoms with van der Waals surface area (Å²) in [6.07, 6.45) is 1.09. The summed E-state index contributed by atoms with van der Waals surface area (Å²) in [7, 11) is 1.63. The highest BCUT2D eigenvalue weighted by molar-refractivity contribution is 7.09. The highest BCUT2D eigenvalue weighted by Crippen LogP contribution is 2.11. The molecule has 1 amide bonds. The van der Waals surface area contributed by atoms with E-state index in [9.17, 15) is 4.79 Å². The monoisotopic (exact) mass is 324 g/mol. The lowest BCUT2D eigenvalue weighted by Gasteiger charge is -2.04. The van der Waals surface area contributed by atoms with Gasteiger partial charge >= 0.3 is 0 Å². The molecule has 0 saturated carbocycles. The van der Waals surface area contributed by atoms with Gasteiger partial charge in [-0.15, -0.1) is 11.3 Å². The first kappa shape index (κ1) is 15.9. The molecular formula is C15H17ClN2O2S. The van der Waals surface area contributed by atoms with Gasteiger partial charge in [-0.3, -0.25) is 4.79 Å². The molecule has 0 bridgehead atoms. The molecule has 1 N–H and O–H groups in total. The van der Waals surface area contributed by atoms with Crippen molar-refractivity contribution in [3.63, 3.8) is 0 Å². The van der Waals surface area contributed by atoms with Gasteiger partial charge in [0, 0.05) is 24.1 Å². The lowest BCUT2D eigenvalue weighted by Crippen LogP contribution is -2.27. The van der Waals surface area contributed by atoms with Crippen LogP contribution in [0.3, 0.4) is 0 Å². The van der Waals surface area contributed by atoms with Crippen LogP contribution in [0, 0.1) is 0 Å². The smallest absolute Gasteiger partial charge is 0.226 e. The maximum absolute atomic E-state index is 11.8. The lowest BCUT2D eigenvalue weighted by atomic mass is 10.1. The summed E-state index contributed by atoms with van der Waals surface area (Å²) in [6, 6.07) is 7.63. The summed E-state index contributed by atoms with van der Waals surface area (Å²) in [5.74, 6) is -0.0155. The first-order chi connectivity index (χ1) is 10.2. The Morgan fingerprint density at radius 1 is 1.38 bits per heavy atom. The molecule has 1 aromatic carbocycles. The quantitative estimate of drug-likeness (QED) is 0.852. The van der Waals surface area contributed by atoms with E-state index in [1.807, 2.05) is 29.6 Å². The van der Waals surface area contributed by atoms with Gasteiger partial charge in [-0.1, -0.05) is 23.7 Å². The van der Waals surface area contributed by atoms with Crippen LogP contribution in [-0.4, -0.2) is 24.5 Å². The van der Waals surface area contributed by atoms with Crippen molar-refractivity contribution in [1.29, 1.82) is 0 Å².